The lowest BCUT2D eigenvalue weighted by Gasteiger charge is -2.25. The number of carbonyl (C=O) groups is 1. The number of ether oxygens (including phenoxy) is 2. The van der Waals surface area contributed by atoms with Gasteiger partial charge in [-0.2, -0.15) is 0 Å². The smallest absolute Gasteiger partial charge is 0.234 e. The second kappa shape index (κ2) is 6.95. The first-order valence-electron chi connectivity index (χ1n) is 7.90. The number of carbonyl (C=O) groups excluding carboxylic acids is 1. The summed E-state index contributed by atoms with van der Waals surface area (Å²) >= 11 is 0. The first kappa shape index (κ1) is 17.9. The molecule has 0 saturated heterocycles. The van der Waals surface area contributed by atoms with E-state index in [0.717, 1.165) is 22.4 Å². The van der Waals surface area contributed by atoms with Gasteiger partial charge in [-0.15, -0.1) is 0 Å². The standard InChI is InChI=1S/C20H25NO3/c1-13-9-14(2)11-16(10-13)21-19(22)20(3,4)15-7-8-17(23-5)18(12-15)24-6/h7-12H,1-6H3,(H,21,22). The van der Waals surface area contributed by atoms with Gasteiger partial charge >= 0.3 is 0 Å². The summed E-state index contributed by atoms with van der Waals surface area (Å²) in [6.45, 7) is 7.82. The lowest BCUT2D eigenvalue weighted by Crippen LogP contribution is -2.34. The van der Waals surface area contributed by atoms with Crippen molar-refractivity contribution in [3.8, 4) is 11.5 Å². The Kier molecular flexibility index (Phi) is 5.17. The van der Waals surface area contributed by atoms with Crippen LogP contribution >= 0.6 is 0 Å². The third-order valence-corrected chi connectivity index (χ3v) is 4.15. The SMILES string of the molecule is COc1ccc(C(C)(C)C(=O)Nc2cc(C)cc(C)c2)cc1OC. The highest BCUT2D eigenvalue weighted by Gasteiger charge is 2.31. The van der Waals surface area contributed by atoms with Crippen LogP contribution in [0.3, 0.4) is 0 Å². The number of anilines is 1. The highest BCUT2D eigenvalue weighted by molar-refractivity contribution is 5.98. The van der Waals surface area contributed by atoms with Crippen LogP contribution in [0.2, 0.25) is 0 Å². The molecule has 0 saturated carbocycles. The number of nitrogens with one attached hydrogen (secondary N) is 1. The van der Waals surface area contributed by atoms with Crippen molar-refractivity contribution >= 4 is 11.6 Å². The summed E-state index contributed by atoms with van der Waals surface area (Å²) in [5, 5.41) is 3.02. The zero-order valence-corrected chi connectivity index (χ0v) is 15.2. The summed E-state index contributed by atoms with van der Waals surface area (Å²) < 4.78 is 10.6. The van der Waals surface area contributed by atoms with E-state index in [0.29, 0.717) is 11.5 Å². The van der Waals surface area contributed by atoms with Gasteiger partial charge < -0.3 is 14.8 Å². The number of aryl methyl sites for hydroxylation is 2. The van der Waals surface area contributed by atoms with Crippen LogP contribution < -0.4 is 14.8 Å². The molecule has 0 bridgehead atoms. The van der Waals surface area contributed by atoms with Gasteiger partial charge in [0.1, 0.15) is 0 Å². The molecule has 0 aliphatic heterocycles. The molecule has 4 heteroatoms. The minimum absolute atomic E-state index is 0.0697. The van der Waals surface area contributed by atoms with Gasteiger partial charge in [0.15, 0.2) is 11.5 Å². The number of methoxy groups -OCH3 is 2. The van der Waals surface area contributed by atoms with Gasteiger partial charge in [-0.1, -0.05) is 12.1 Å². The quantitative estimate of drug-likeness (QED) is 0.893. The highest BCUT2D eigenvalue weighted by atomic mass is 16.5. The van der Waals surface area contributed by atoms with E-state index in [1.165, 1.54) is 0 Å². The van der Waals surface area contributed by atoms with Gasteiger partial charge in [0.25, 0.3) is 0 Å². The van der Waals surface area contributed by atoms with Crippen LogP contribution in [0.4, 0.5) is 5.69 Å². The van der Waals surface area contributed by atoms with Crippen LogP contribution in [0.15, 0.2) is 36.4 Å². The van der Waals surface area contributed by atoms with Gasteiger partial charge in [-0.3, -0.25) is 4.79 Å². The van der Waals surface area contributed by atoms with Crippen molar-refractivity contribution in [2.24, 2.45) is 0 Å². The van der Waals surface area contributed by atoms with Crippen LogP contribution in [-0.4, -0.2) is 20.1 Å². The molecule has 0 heterocycles. The summed E-state index contributed by atoms with van der Waals surface area (Å²) in [5.41, 5.74) is 3.20. The molecule has 128 valence electrons. The highest BCUT2D eigenvalue weighted by Crippen LogP contribution is 2.34. The summed E-state index contributed by atoms with van der Waals surface area (Å²) in [4.78, 5) is 12.8. The van der Waals surface area contributed by atoms with Crippen molar-refractivity contribution in [3.05, 3.63) is 53.1 Å². The molecule has 0 aliphatic rings. The van der Waals surface area contributed by atoms with E-state index in [2.05, 4.69) is 11.4 Å². The van der Waals surface area contributed by atoms with Crippen molar-refractivity contribution in [1.82, 2.24) is 0 Å². The zero-order chi connectivity index (χ0) is 17.9. The average molecular weight is 327 g/mol. The van der Waals surface area contributed by atoms with E-state index in [-0.39, 0.29) is 5.91 Å². The maximum atomic E-state index is 12.8. The molecule has 24 heavy (non-hydrogen) atoms. The Morgan fingerprint density at radius 2 is 1.50 bits per heavy atom. The maximum Gasteiger partial charge on any atom is 0.234 e. The molecule has 2 rings (SSSR count). The van der Waals surface area contributed by atoms with Crippen molar-refractivity contribution in [2.75, 3.05) is 19.5 Å². The van der Waals surface area contributed by atoms with E-state index < -0.39 is 5.41 Å². The van der Waals surface area contributed by atoms with Gasteiger partial charge in [0, 0.05) is 5.69 Å². The van der Waals surface area contributed by atoms with Crippen LogP contribution in [0.25, 0.3) is 0 Å². The van der Waals surface area contributed by atoms with E-state index >= 15 is 0 Å². The minimum atomic E-state index is -0.711. The first-order valence-corrected chi connectivity index (χ1v) is 7.90. The molecule has 0 spiro atoms. The molecule has 1 N–H and O–H groups in total. The third kappa shape index (κ3) is 3.70. The molecular weight excluding hydrogens is 302 g/mol. The molecule has 0 aliphatic carbocycles. The molecule has 2 aromatic rings. The molecule has 0 atom stereocenters. The largest absolute Gasteiger partial charge is 0.493 e. The van der Waals surface area contributed by atoms with E-state index in [9.17, 15) is 4.79 Å². The number of amides is 1. The van der Waals surface area contributed by atoms with Crippen molar-refractivity contribution in [1.29, 1.82) is 0 Å². The Morgan fingerprint density at radius 3 is 2.04 bits per heavy atom. The zero-order valence-electron chi connectivity index (χ0n) is 15.2. The molecule has 0 radical (unpaired) electrons. The molecule has 2 aromatic carbocycles. The first-order chi connectivity index (χ1) is 11.3. The molecule has 0 fully saturated rings. The molecular formula is C20H25NO3. The van der Waals surface area contributed by atoms with Crippen LogP contribution in [0, 0.1) is 13.8 Å². The minimum Gasteiger partial charge on any atom is -0.493 e. The Bertz CT molecular complexity index is 730. The van der Waals surface area contributed by atoms with Crippen LogP contribution in [-0.2, 0) is 10.2 Å². The second-order valence-corrected chi connectivity index (χ2v) is 6.53. The molecule has 0 aromatic heterocycles. The topological polar surface area (TPSA) is 47.6 Å². The van der Waals surface area contributed by atoms with E-state index in [4.69, 9.17) is 9.47 Å². The monoisotopic (exact) mass is 327 g/mol. The average Bonchev–Trinajstić information content (AvgIpc) is 2.52. The number of hydrogen-bond donors (Lipinski definition) is 1. The second-order valence-electron chi connectivity index (χ2n) is 6.53. The fraction of sp³-hybridized carbons (Fsp3) is 0.350. The third-order valence-electron chi connectivity index (χ3n) is 4.15. The summed E-state index contributed by atoms with van der Waals surface area (Å²) in [6, 6.07) is 11.6. The van der Waals surface area contributed by atoms with Crippen molar-refractivity contribution in [2.45, 2.75) is 33.1 Å². The Balaban J connectivity index is 2.30. The Labute approximate surface area is 143 Å². The Hall–Kier alpha value is -2.49. The summed E-state index contributed by atoms with van der Waals surface area (Å²) in [6.07, 6.45) is 0. The predicted molar refractivity (Wildman–Crippen MR) is 97.1 cm³/mol. The molecule has 4 nitrogen and oxygen atoms in total. The number of benzene rings is 2. The number of rotatable bonds is 5. The lowest BCUT2D eigenvalue weighted by molar-refractivity contribution is -0.120. The van der Waals surface area contributed by atoms with Gasteiger partial charge in [0.05, 0.1) is 19.6 Å². The predicted octanol–water partition coefficient (Wildman–Crippen LogP) is 4.24. The summed E-state index contributed by atoms with van der Waals surface area (Å²) in [5.74, 6) is 1.19. The van der Waals surface area contributed by atoms with Crippen LogP contribution in [0.5, 0.6) is 11.5 Å². The van der Waals surface area contributed by atoms with E-state index in [1.807, 2.05) is 58.0 Å². The lowest BCUT2D eigenvalue weighted by atomic mass is 9.83. The fourth-order valence-electron chi connectivity index (χ4n) is 2.69. The van der Waals surface area contributed by atoms with E-state index in [1.54, 1.807) is 14.2 Å². The molecule has 0 unspecified atom stereocenters. The maximum absolute atomic E-state index is 12.8. The number of hydrogen-bond acceptors (Lipinski definition) is 3. The molecule has 1 amide bonds. The summed E-state index contributed by atoms with van der Waals surface area (Å²) in [7, 11) is 3.18. The fourth-order valence-corrected chi connectivity index (χ4v) is 2.69. The van der Waals surface area contributed by atoms with Gasteiger partial charge in [-0.25, -0.2) is 0 Å². The van der Waals surface area contributed by atoms with Crippen LogP contribution in [0.1, 0.15) is 30.5 Å². The van der Waals surface area contributed by atoms with Gasteiger partial charge in [-0.05, 0) is 68.7 Å². The van der Waals surface area contributed by atoms with Crippen molar-refractivity contribution in [3.63, 3.8) is 0 Å². The van der Waals surface area contributed by atoms with Crippen molar-refractivity contribution < 1.29 is 14.3 Å². The Morgan fingerprint density at radius 1 is 0.917 bits per heavy atom. The van der Waals surface area contributed by atoms with Gasteiger partial charge in [0.2, 0.25) is 5.91 Å². The normalized spacial score (nSPS) is 11.1.